The Morgan fingerprint density at radius 3 is 2.12 bits per heavy atom. The molecule has 1 aromatic rings. The summed E-state index contributed by atoms with van der Waals surface area (Å²) in [4.78, 5) is 8.34. The lowest BCUT2D eigenvalue weighted by atomic mass is 9.91. The molecule has 0 aliphatic heterocycles. The van der Waals surface area contributed by atoms with Crippen molar-refractivity contribution in [2.45, 2.75) is 145 Å². The zero-order valence-electron chi connectivity index (χ0n) is 29.4. The number of halogens is 1. The number of hydrogen-bond acceptors (Lipinski definition) is 3. The second kappa shape index (κ2) is 25.2. The maximum Gasteiger partial charge on any atom is 0.118 e. The molecule has 2 aliphatic carbocycles. The Labute approximate surface area is 272 Å². The van der Waals surface area contributed by atoms with Crippen molar-refractivity contribution in [3.63, 3.8) is 0 Å². The fourth-order valence-corrected chi connectivity index (χ4v) is 4.69. The second-order valence-corrected chi connectivity index (χ2v) is 12.9. The summed E-state index contributed by atoms with van der Waals surface area (Å²) >= 11 is 6.17. The van der Waals surface area contributed by atoms with Gasteiger partial charge in [0, 0.05) is 29.8 Å². The van der Waals surface area contributed by atoms with E-state index in [1.54, 1.807) is 0 Å². The van der Waals surface area contributed by atoms with E-state index in [-0.39, 0.29) is 0 Å². The minimum absolute atomic E-state index is 0.401. The Kier molecular flexibility index (Phi) is 24.0. The molecular formula is C39H66ClN3. The number of benzene rings is 1. The summed E-state index contributed by atoms with van der Waals surface area (Å²) in [6.07, 6.45) is 17.7. The van der Waals surface area contributed by atoms with Crippen LogP contribution in [0.15, 0.2) is 75.0 Å². The summed E-state index contributed by atoms with van der Waals surface area (Å²) in [6, 6.07) is 11.7. The minimum atomic E-state index is 0.401. The topological polar surface area (TPSA) is 36.8 Å². The standard InChI is InChI=1S/C16H26ClN.C12H18.C9H16N2.C2H6/c1-5-13(4)18-11-15(10-16(17)6-2)12(3)9-14-7-8-14;1-10(2)11(3)9-12-7-5-4-6-8-12;1-8(10-2)11-9-6-4-3-5-7-9;1-2/h6,11,13-14H,5,7-10H2,1-4H3;4-8,10-11H,9H2,1-3H3;9,11H,1-7H2;1-2H3/b15-12+,16-6+,18-11?;;;/t;11-;;/m.1../s1. The average Bonchev–Trinajstić information content (AvgIpc) is 3.85. The van der Waals surface area contributed by atoms with Crippen molar-refractivity contribution in [1.82, 2.24) is 5.32 Å². The van der Waals surface area contributed by atoms with Gasteiger partial charge in [-0.1, -0.05) is 121 Å². The van der Waals surface area contributed by atoms with Gasteiger partial charge in [-0.05, 0) is 101 Å². The molecule has 2 saturated carbocycles. The highest BCUT2D eigenvalue weighted by Crippen LogP contribution is 2.36. The molecule has 0 spiro atoms. The van der Waals surface area contributed by atoms with Crippen LogP contribution < -0.4 is 5.32 Å². The molecule has 0 aromatic heterocycles. The van der Waals surface area contributed by atoms with Crippen molar-refractivity contribution in [2.24, 2.45) is 27.7 Å². The molecule has 1 unspecified atom stereocenters. The molecule has 0 amide bonds. The Morgan fingerprint density at radius 1 is 1.02 bits per heavy atom. The van der Waals surface area contributed by atoms with Gasteiger partial charge in [0.2, 0.25) is 0 Å². The van der Waals surface area contributed by atoms with E-state index in [1.165, 1.54) is 74.5 Å². The Morgan fingerprint density at radius 2 is 1.63 bits per heavy atom. The van der Waals surface area contributed by atoms with Crippen LogP contribution in [0.4, 0.5) is 0 Å². The highest BCUT2D eigenvalue weighted by atomic mass is 35.5. The fraction of sp³-hybridized carbons (Fsp3) is 0.641. The van der Waals surface area contributed by atoms with Gasteiger partial charge in [0.25, 0.3) is 0 Å². The van der Waals surface area contributed by atoms with Gasteiger partial charge in [-0.3, -0.25) is 4.99 Å². The van der Waals surface area contributed by atoms with Gasteiger partial charge < -0.3 is 5.32 Å². The molecule has 2 atom stereocenters. The van der Waals surface area contributed by atoms with E-state index < -0.39 is 0 Å². The first-order valence-electron chi connectivity index (χ1n) is 17.1. The van der Waals surface area contributed by atoms with Crippen molar-refractivity contribution in [2.75, 3.05) is 0 Å². The third-order valence-corrected chi connectivity index (χ3v) is 8.65. The van der Waals surface area contributed by atoms with Crippen LogP contribution in [0.25, 0.3) is 0 Å². The second-order valence-electron chi connectivity index (χ2n) is 12.4. The lowest BCUT2D eigenvalue weighted by Gasteiger charge is -2.23. The summed E-state index contributed by atoms with van der Waals surface area (Å²) in [6.45, 7) is 26.6. The first-order chi connectivity index (χ1) is 20.6. The largest absolute Gasteiger partial charge is 0.368 e. The van der Waals surface area contributed by atoms with Crippen LogP contribution in [0.2, 0.25) is 0 Å². The SMILES string of the molecule is C/C=C(/Cl)C/C(C=NC(C)CC)=C(/C)CC1CC1.C=NC(=C)NC1CCCCC1.CC.CC(C)[C@H](C)Cc1ccccc1. The van der Waals surface area contributed by atoms with Crippen molar-refractivity contribution in [3.8, 4) is 0 Å². The quantitative estimate of drug-likeness (QED) is 0.221. The zero-order chi connectivity index (χ0) is 32.6. The Balaban J connectivity index is 0.000000620. The smallest absolute Gasteiger partial charge is 0.118 e. The Bertz CT molecular complexity index is 950. The van der Waals surface area contributed by atoms with E-state index in [0.717, 1.165) is 41.4 Å². The van der Waals surface area contributed by atoms with Crippen molar-refractivity contribution >= 4 is 24.5 Å². The van der Waals surface area contributed by atoms with Crippen LogP contribution in [-0.2, 0) is 6.42 Å². The highest BCUT2D eigenvalue weighted by Gasteiger charge is 2.22. The number of nitrogens with zero attached hydrogens (tertiary/aromatic N) is 2. The molecular weight excluding hydrogens is 546 g/mol. The predicted molar refractivity (Wildman–Crippen MR) is 197 cm³/mol. The molecule has 1 N–H and O–H groups in total. The molecule has 3 rings (SSSR count). The summed E-state index contributed by atoms with van der Waals surface area (Å²) in [5, 5.41) is 4.16. The van der Waals surface area contributed by atoms with E-state index in [0.29, 0.717) is 12.1 Å². The van der Waals surface area contributed by atoms with Crippen LogP contribution >= 0.6 is 11.6 Å². The van der Waals surface area contributed by atoms with Gasteiger partial charge in [-0.15, -0.1) is 0 Å². The minimum Gasteiger partial charge on any atom is -0.368 e. The van der Waals surface area contributed by atoms with E-state index in [2.05, 4.69) is 107 Å². The maximum absolute atomic E-state index is 6.17. The van der Waals surface area contributed by atoms with Gasteiger partial charge in [0.1, 0.15) is 5.82 Å². The van der Waals surface area contributed by atoms with E-state index in [4.69, 9.17) is 11.6 Å². The first kappa shape index (κ1) is 40.9. The molecule has 0 radical (unpaired) electrons. The molecule has 3 nitrogen and oxygen atoms in total. The normalized spacial score (nSPS) is 17.2. The number of aliphatic imine (C=N–C) groups is 2. The van der Waals surface area contributed by atoms with Crippen molar-refractivity contribution in [1.29, 1.82) is 0 Å². The number of allylic oxidation sites excluding steroid dienone is 4. The van der Waals surface area contributed by atoms with Crippen LogP contribution in [-0.4, -0.2) is 25.0 Å². The molecule has 244 valence electrons. The monoisotopic (exact) mass is 611 g/mol. The fourth-order valence-electron chi connectivity index (χ4n) is 4.55. The number of nitrogens with one attached hydrogen (secondary N) is 1. The molecule has 2 fully saturated rings. The third-order valence-electron chi connectivity index (χ3n) is 8.29. The lowest BCUT2D eigenvalue weighted by Crippen LogP contribution is -2.29. The summed E-state index contributed by atoms with van der Waals surface area (Å²) in [5.41, 5.74) is 4.23. The van der Waals surface area contributed by atoms with Crippen molar-refractivity contribution in [3.05, 3.63) is 70.5 Å². The van der Waals surface area contributed by atoms with Gasteiger partial charge >= 0.3 is 0 Å². The van der Waals surface area contributed by atoms with Crippen molar-refractivity contribution < 1.29 is 0 Å². The molecule has 0 bridgehead atoms. The molecule has 1 aromatic carbocycles. The van der Waals surface area contributed by atoms with Gasteiger partial charge in [0.15, 0.2) is 0 Å². The van der Waals surface area contributed by atoms with Crippen LogP contribution in [0.5, 0.6) is 0 Å². The average molecular weight is 612 g/mol. The van der Waals surface area contributed by atoms with E-state index in [9.17, 15) is 0 Å². The molecule has 0 heterocycles. The maximum atomic E-state index is 6.17. The van der Waals surface area contributed by atoms with Crippen LogP contribution in [0.3, 0.4) is 0 Å². The van der Waals surface area contributed by atoms with Crippen LogP contribution in [0, 0.1) is 17.8 Å². The molecule has 2 aliphatic rings. The Hall–Kier alpha value is -2.13. The third kappa shape index (κ3) is 21.3. The van der Waals surface area contributed by atoms with E-state index >= 15 is 0 Å². The summed E-state index contributed by atoms with van der Waals surface area (Å²) in [7, 11) is 0. The van der Waals surface area contributed by atoms with Gasteiger partial charge in [-0.25, -0.2) is 4.99 Å². The van der Waals surface area contributed by atoms with Crippen LogP contribution in [0.1, 0.15) is 132 Å². The first-order valence-corrected chi connectivity index (χ1v) is 17.5. The van der Waals surface area contributed by atoms with Gasteiger partial charge in [-0.2, -0.15) is 0 Å². The molecule has 4 heteroatoms. The number of rotatable bonds is 13. The molecule has 43 heavy (non-hydrogen) atoms. The zero-order valence-corrected chi connectivity index (χ0v) is 30.1. The highest BCUT2D eigenvalue weighted by molar-refractivity contribution is 6.29. The predicted octanol–water partition coefficient (Wildman–Crippen LogP) is 12.1. The molecule has 0 saturated heterocycles. The van der Waals surface area contributed by atoms with Gasteiger partial charge in [0.05, 0.1) is 0 Å². The van der Waals surface area contributed by atoms with E-state index in [1.807, 2.05) is 26.8 Å². The summed E-state index contributed by atoms with van der Waals surface area (Å²) < 4.78 is 0. The summed E-state index contributed by atoms with van der Waals surface area (Å²) in [5.74, 6) is 3.20. The number of hydrogen-bond donors (Lipinski definition) is 1. The lowest BCUT2D eigenvalue weighted by molar-refractivity contribution is 0.396.